The van der Waals surface area contributed by atoms with E-state index in [2.05, 4.69) is 10.3 Å². The molecule has 2 heterocycles. The van der Waals surface area contributed by atoms with Gasteiger partial charge in [-0.25, -0.2) is 9.78 Å². The molecule has 0 fully saturated rings. The van der Waals surface area contributed by atoms with Crippen LogP contribution in [0.2, 0.25) is 0 Å². The van der Waals surface area contributed by atoms with Gasteiger partial charge in [-0.15, -0.1) is 0 Å². The first-order valence-electron chi connectivity index (χ1n) is 10.9. The Bertz CT molecular complexity index is 1460. The third-order valence-electron chi connectivity index (χ3n) is 5.74. The van der Waals surface area contributed by atoms with Crippen molar-refractivity contribution in [2.24, 2.45) is 7.05 Å². The molecule has 172 valence electrons. The number of hydrogen-bond donors (Lipinski definition) is 1. The van der Waals surface area contributed by atoms with E-state index in [4.69, 9.17) is 4.74 Å². The molecule has 0 spiro atoms. The lowest BCUT2D eigenvalue weighted by atomic mass is 9.96. The number of fused-ring (bicyclic) bond motifs is 1. The predicted octanol–water partition coefficient (Wildman–Crippen LogP) is 4.40. The molecule has 0 bridgehead atoms. The summed E-state index contributed by atoms with van der Waals surface area (Å²) in [6.07, 6.45) is 0.458. The summed E-state index contributed by atoms with van der Waals surface area (Å²) in [5, 5.41) is 3.81. The molecule has 0 saturated carbocycles. The summed E-state index contributed by atoms with van der Waals surface area (Å²) in [6, 6.07) is 18.4. The van der Waals surface area contributed by atoms with Crippen LogP contribution in [0.5, 0.6) is 0 Å². The Labute approximate surface area is 197 Å². The second kappa shape index (κ2) is 9.31. The Balaban J connectivity index is 1.75. The Kier molecular flexibility index (Phi) is 6.27. The largest absolute Gasteiger partial charge is 0.448 e. The van der Waals surface area contributed by atoms with Gasteiger partial charge in [-0.2, -0.15) is 0 Å². The number of hydrogen-bond acceptors (Lipinski definition) is 5. The van der Waals surface area contributed by atoms with Crippen molar-refractivity contribution in [1.82, 2.24) is 9.55 Å². The number of carbonyl (C=O) groups excluding carboxylic acids is 2. The monoisotopic (exact) mass is 455 g/mol. The summed E-state index contributed by atoms with van der Waals surface area (Å²) in [5.74, 6) is -0.881. The lowest BCUT2D eigenvalue weighted by molar-refractivity contribution is -0.123. The lowest BCUT2D eigenvalue weighted by Crippen LogP contribution is -2.33. The number of aryl methyl sites for hydroxylation is 2. The summed E-state index contributed by atoms with van der Waals surface area (Å²) in [4.78, 5) is 43.3. The van der Waals surface area contributed by atoms with Gasteiger partial charge in [0.05, 0.1) is 0 Å². The first-order chi connectivity index (χ1) is 16.3. The summed E-state index contributed by atoms with van der Waals surface area (Å²) in [7, 11) is 1.53. The highest BCUT2D eigenvalue weighted by Crippen LogP contribution is 2.31. The molecule has 2 aromatic heterocycles. The Morgan fingerprint density at radius 3 is 2.32 bits per heavy atom. The molecule has 4 rings (SSSR count). The van der Waals surface area contributed by atoms with Crippen molar-refractivity contribution < 1.29 is 14.3 Å². The van der Waals surface area contributed by atoms with E-state index in [1.807, 2.05) is 56.3 Å². The number of pyridine rings is 2. The zero-order valence-corrected chi connectivity index (χ0v) is 19.5. The van der Waals surface area contributed by atoms with E-state index >= 15 is 0 Å². The molecule has 0 radical (unpaired) electrons. The second-order valence-electron chi connectivity index (χ2n) is 8.21. The van der Waals surface area contributed by atoms with Crippen LogP contribution in [0.25, 0.3) is 21.9 Å². The highest BCUT2D eigenvalue weighted by atomic mass is 16.5. The van der Waals surface area contributed by atoms with Crippen LogP contribution in [0.4, 0.5) is 5.82 Å². The van der Waals surface area contributed by atoms with Crippen LogP contribution in [0.1, 0.15) is 28.5 Å². The van der Waals surface area contributed by atoms with Crippen LogP contribution in [0.15, 0.2) is 71.7 Å². The van der Waals surface area contributed by atoms with Gasteiger partial charge in [0.15, 0.2) is 6.10 Å². The molecule has 7 nitrogen and oxygen atoms in total. The predicted molar refractivity (Wildman–Crippen MR) is 132 cm³/mol. The summed E-state index contributed by atoms with van der Waals surface area (Å²) >= 11 is 0. The van der Waals surface area contributed by atoms with Crippen LogP contribution < -0.4 is 10.9 Å². The van der Waals surface area contributed by atoms with E-state index in [0.717, 1.165) is 16.7 Å². The van der Waals surface area contributed by atoms with Crippen molar-refractivity contribution in [3.8, 4) is 11.1 Å². The average molecular weight is 456 g/mol. The first-order valence-corrected chi connectivity index (χ1v) is 10.9. The standard InChI is InChI=1S/C27H25N3O4/c1-16-11-13-19(14-12-16)22-20-9-5-6-10-21(20)26(32)30(4)23(22)27(33)34-18(3)25(31)29-24-17(2)8-7-15-28-24/h5-15,18H,1-4H3,(H,28,29,31). The third kappa shape index (κ3) is 4.32. The maximum absolute atomic E-state index is 13.4. The number of rotatable bonds is 5. The topological polar surface area (TPSA) is 90.3 Å². The number of ether oxygens (including phenoxy) is 1. The highest BCUT2D eigenvalue weighted by Gasteiger charge is 2.26. The number of nitrogens with zero attached hydrogens (tertiary/aromatic N) is 2. The van der Waals surface area contributed by atoms with Gasteiger partial charge in [-0.1, -0.05) is 54.1 Å². The van der Waals surface area contributed by atoms with E-state index in [0.29, 0.717) is 22.2 Å². The van der Waals surface area contributed by atoms with E-state index in [9.17, 15) is 14.4 Å². The van der Waals surface area contributed by atoms with Crippen LogP contribution in [0.3, 0.4) is 0 Å². The molecule has 1 amide bonds. The van der Waals surface area contributed by atoms with Crippen molar-refractivity contribution in [2.75, 3.05) is 5.32 Å². The molecule has 34 heavy (non-hydrogen) atoms. The van der Waals surface area contributed by atoms with E-state index in [1.54, 1.807) is 24.4 Å². The van der Waals surface area contributed by atoms with E-state index in [-0.39, 0.29) is 11.3 Å². The molecular formula is C27H25N3O4. The summed E-state index contributed by atoms with van der Waals surface area (Å²) in [6.45, 7) is 5.27. The average Bonchev–Trinajstić information content (AvgIpc) is 2.83. The molecule has 1 N–H and O–H groups in total. The zero-order chi connectivity index (χ0) is 24.4. The van der Waals surface area contributed by atoms with E-state index < -0.39 is 18.0 Å². The number of benzene rings is 2. The van der Waals surface area contributed by atoms with Crippen molar-refractivity contribution in [3.05, 3.63) is 94.0 Å². The van der Waals surface area contributed by atoms with Crippen LogP contribution in [0, 0.1) is 13.8 Å². The van der Waals surface area contributed by atoms with Gasteiger partial charge in [0.1, 0.15) is 11.5 Å². The Hall–Kier alpha value is -4.26. The molecule has 1 atom stereocenters. The van der Waals surface area contributed by atoms with Gasteiger partial charge < -0.3 is 14.6 Å². The second-order valence-corrected chi connectivity index (χ2v) is 8.21. The summed E-state index contributed by atoms with van der Waals surface area (Å²) < 4.78 is 6.83. The van der Waals surface area contributed by atoms with Gasteiger partial charge in [0, 0.05) is 24.2 Å². The zero-order valence-electron chi connectivity index (χ0n) is 19.5. The number of aromatic nitrogens is 2. The molecule has 0 aliphatic carbocycles. The molecular weight excluding hydrogens is 430 g/mol. The van der Waals surface area contributed by atoms with Crippen molar-refractivity contribution in [1.29, 1.82) is 0 Å². The molecule has 0 aliphatic heterocycles. The maximum Gasteiger partial charge on any atom is 0.356 e. The number of carbonyl (C=O) groups is 2. The lowest BCUT2D eigenvalue weighted by Gasteiger charge is -2.19. The van der Waals surface area contributed by atoms with Crippen molar-refractivity contribution >= 4 is 28.5 Å². The number of nitrogens with one attached hydrogen (secondary N) is 1. The van der Waals surface area contributed by atoms with Gasteiger partial charge >= 0.3 is 5.97 Å². The highest BCUT2D eigenvalue weighted by molar-refractivity contribution is 6.07. The van der Waals surface area contributed by atoms with Gasteiger partial charge in [-0.3, -0.25) is 9.59 Å². The van der Waals surface area contributed by atoms with Crippen LogP contribution in [-0.4, -0.2) is 27.5 Å². The normalized spacial score (nSPS) is 11.8. The third-order valence-corrected chi connectivity index (χ3v) is 5.74. The number of amides is 1. The SMILES string of the molecule is Cc1ccc(-c2c(C(=O)OC(C)C(=O)Nc3ncccc3C)n(C)c(=O)c3ccccc23)cc1. The van der Waals surface area contributed by atoms with Gasteiger partial charge in [-0.05, 0) is 49.4 Å². The van der Waals surface area contributed by atoms with Crippen LogP contribution >= 0.6 is 0 Å². The van der Waals surface area contributed by atoms with E-state index in [1.165, 1.54) is 18.5 Å². The smallest absolute Gasteiger partial charge is 0.356 e. The number of esters is 1. The molecule has 1 unspecified atom stereocenters. The quantitative estimate of drug-likeness (QED) is 0.451. The van der Waals surface area contributed by atoms with Gasteiger partial charge in [0.25, 0.3) is 11.5 Å². The molecule has 0 aliphatic rings. The van der Waals surface area contributed by atoms with Crippen molar-refractivity contribution in [2.45, 2.75) is 26.9 Å². The minimum atomic E-state index is -1.11. The minimum absolute atomic E-state index is 0.0845. The summed E-state index contributed by atoms with van der Waals surface area (Å²) in [5.41, 5.74) is 2.97. The maximum atomic E-state index is 13.4. The van der Waals surface area contributed by atoms with Crippen molar-refractivity contribution in [3.63, 3.8) is 0 Å². The van der Waals surface area contributed by atoms with Gasteiger partial charge in [0.2, 0.25) is 0 Å². The number of anilines is 1. The fourth-order valence-corrected chi connectivity index (χ4v) is 3.82. The fraction of sp³-hybridized carbons (Fsp3) is 0.185. The molecule has 2 aromatic carbocycles. The molecule has 7 heteroatoms. The minimum Gasteiger partial charge on any atom is -0.448 e. The Morgan fingerprint density at radius 2 is 1.65 bits per heavy atom. The Morgan fingerprint density at radius 1 is 0.971 bits per heavy atom. The fourth-order valence-electron chi connectivity index (χ4n) is 3.82. The first kappa shape index (κ1) is 22.9. The van der Waals surface area contributed by atoms with Crippen LogP contribution in [-0.2, 0) is 16.6 Å². The molecule has 0 saturated heterocycles. The molecule has 4 aromatic rings.